The van der Waals surface area contributed by atoms with Gasteiger partial charge in [-0.25, -0.2) is 4.79 Å². The Bertz CT molecular complexity index is 1750. The first kappa shape index (κ1) is 29.1. The Morgan fingerprint density at radius 1 is 0.884 bits per heavy atom. The number of nitrogens with zero attached hydrogens (tertiary/aromatic N) is 3. The number of ether oxygens (including phenoxy) is 1. The molecule has 0 unspecified atom stereocenters. The van der Waals surface area contributed by atoms with Crippen molar-refractivity contribution in [1.29, 1.82) is 0 Å². The van der Waals surface area contributed by atoms with Crippen LogP contribution in [-0.4, -0.2) is 26.8 Å². The van der Waals surface area contributed by atoms with E-state index < -0.39 is 23.7 Å². The van der Waals surface area contributed by atoms with Crippen LogP contribution in [-0.2, 0) is 19.8 Å². The van der Waals surface area contributed by atoms with Crippen molar-refractivity contribution in [3.8, 4) is 28.3 Å². The van der Waals surface area contributed by atoms with Crippen molar-refractivity contribution in [2.75, 3.05) is 5.32 Å². The number of benzene rings is 3. The molecule has 2 N–H and O–H groups in total. The molecule has 0 aliphatic heterocycles. The Kier molecular flexibility index (Phi) is 8.24. The first-order valence-corrected chi connectivity index (χ1v) is 13.2. The first-order valence-electron chi connectivity index (χ1n) is 13.2. The molecular formula is C32H26F3N5O3. The third-order valence-corrected chi connectivity index (χ3v) is 6.59. The van der Waals surface area contributed by atoms with Crippen molar-refractivity contribution in [3.05, 3.63) is 120 Å². The van der Waals surface area contributed by atoms with Crippen LogP contribution in [0.4, 0.5) is 23.7 Å². The van der Waals surface area contributed by atoms with Gasteiger partial charge in [-0.3, -0.25) is 4.79 Å². The van der Waals surface area contributed by atoms with Crippen molar-refractivity contribution in [2.24, 2.45) is 7.05 Å². The van der Waals surface area contributed by atoms with E-state index in [-0.39, 0.29) is 18.0 Å². The number of nitrogens with one attached hydrogen (secondary N) is 2. The average molecular weight is 586 g/mol. The van der Waals surface area contributed by atoms with Crippen LogP contribution in [0.15, 0.2) is 97.2 Å². The first-order chi connectivity index (χ1) is 20.6. The van der Waals surface area contributed by atoms with Gasteiger partial charge in [0.05, 0.1) is 22.6 Å². The molecule has 5 aromatic rings. The summed E-state index contributed by atoms with van der Waals surface area (Å²) in [6.45, 7) is 2.10. The topological polar surface area (TPSA) is 98.1 Å². The van der Waals surface area contributed by atoms with Crippen LogP contribution in [0.3, 0.4) is 0 Å². The minimum atomic E-state index is -4.46. The van der Waals surface area contributed by atoms with Gasteiger partial charge in [0, 0.05) is 37.0 Å². The molecule has 2 aromatic heterocycles. The average Bonchev–Trinajstić information content (AvgIpc) is 3.34. The number of hydrogen-bond donors (Lipinski definition) is 2. The smallest absolute Gasteiger partial charge is 0.393 e. The lowest BCUT2D eigenvalue weighted by atomic mass is 9.98. The molecule has 0 aliphatic carbocycles. The standard InChI is InChI=1S/C32H26F3N5O3/c1-20-7-16-28(39-38-20)23-10-8-21(9-11-23)18-36-31(42)43-29-17-25(19-40(29)2)37-30(41)27-6-4-3-5-26(27)22-12-14-24(15-13-22)32(33,34)35/h3-17,19H,18H2,1-2H3,(H,36,42)(H,37,41). The largest absolute Gasteiger partial charge is 0.416 e. The highest BCUT2D eigenvalue weighted by Gasteiger charge is 2.30. The van der Waals surface area contributed by atoms with Gasteiger partial charge in [0.25, 0.3) is 5.91 Å². The zero-order valence-corrected chi connectivity index (χ0v) is 23.1. The number of amides is 2. The molecule has 5 rings (SSSR count). The molecule has 2 amide bonds. The minimum absolute atomic E-state index is 0.192. The van der Waals surface area contributed by atoms with E-state index in [0.717, 1.165) is 34.6 Å². The van der Waals surface area contributed by atoms with Crippen LogP contribution < -0.4 is 15.4 Å². The van der Waals surface area contributed by atoms with Crippen molar-refractivity contribution in [1.82, 2.24) is 20.1 Å². The van der Waals surface area contributed by atoms with Crippen LogP contribution >= 0.6 is 0 Å². The molecule has 11 heteroatoms. The van der Waals surface area contributed by atoms with E-state index in [0.29, 0.717) is 16.8 Å². The number of aromatic nitrogens is 3. The number of anilines is 1. The van der Waals surface area contributed by atoms with E-state index in [1.165, 1.54) is 22.8 Å². The quantitative estimate of drug-likeness (QED) is 0.214. The lowest BCUT2D eigenvalue weighted by Gasteiger charge is -2.11. The number of carbonyl (C=O) groups is 2. The summed E-state index contributed by atoms with van der Waals surface area (Å²) in [6.07, 6.45) is -3.56. The van der Waals surface area contributed by atoms with Gasteiger partial charge in [-0.2, -0.15) is 23.4 Å². The SMILES string of the molecule is Cc1ccc(-c2ccc(CNC(=O)Oc3cc(NC(=O)c4ccccc4-c4ccc(C(F)(F)F)cc4)cn3C)cc2)nn1. The lowest BCUT2D eigenvalue weighted by Crippen LogP contribution is -2.26. The number of rotatable bonds is 7. The molecular weight excluding hydrogens is 559 g/mol. The summed E-state index contributed by atoms with van der Waals surface area (Å²) < 4.78 is 45.9. The van der Waals surface area contributed by atoms with Crippen LogP contribution in [0.5, 0.6) is 5.88 Å². The van der Waals surface area contributed by atoms with E-state index in [4.69, 9.17) is 4.74 Å². The molecule has 0 bridgehead atoms. The summed E-state index contributed by atoms with van der Waals surface area (Å²) in [4.78, 5) is 25.6. The summed E-state index contributed by atoms with van der Waals surface area (Å²) >= 11 is 0. The molecule has 0 aliphatic rings. The number of halogens is 3. The summed E-state index contributed by atoms with van der Waals surface area (Å²) in [5.41, 5.74) is 4.14. The Morgan fingerprint density at radius 2 is 1.58 bits per heavy atom. The number of alkyl halides is 3. The summed E-state index contributed by atoms with van der Waals surface area (Å²) in [5, 5.41) is 13.7. The predicted molar refractivity (Wildman–Crippen MR) is 155 cm³/mol. The molecule has 43 heavy (non-hydrogen) atoms. The van der Waals surface area contributed by atoms with Gasteiger partial charge in [-0.1, -0.05) is 54.6 Å². The Morgan fingerprint density at radius 3 is 2.26 bits per heavy atom. The van der Waals surface area contributed by atoms with Crippen LogP contribution in [0.1, 0.15) is 27.2 Å². The van der Waals surface area contributed by atoms with Gasteiger partial charge in [0.15, 0.2) is 0 Å². The minimum Gasteiger partial charge on any atom is -0.393 e. The fraction of sp³-hybridized carbons (Fsp3) is 0.125. The van der Waals surface area contributed by atoms with Gasteiger partial charge < -0.3 is 19.9 Å². The highest BCUT2D eigenvalue weighted by atomic mass is 19.4. The molecule has 2 heterocycles. The van der Waals surface area contributed by atoms with Crippen LogP contribution in [0.25, 0.3) is 22.4 Å². The molecule has 0 saturated heterocycles. The molecule has 8 nitrogen and oxygen atoms in total. The van der Waals surface area contributed by atoms with Crippen molar-refractivity contribution in [2.45, 2.75) is 19.6 Å². The second-order valence-corrected chi connectivity index (χ2v) is 9.75. The van der Waals surface area contributed by atoms with E-state index >= 15 is 0 Å². The van der Waals surface area contributed by atoms with Crippen molar-refractivity contribution >= 4 is 17.7 Å². The van der Waals surface area contributed by atoms with Gasteiger partial charge >= 0.3 is 12.3 Å². The highest BCUT2D eigenvalue weighted by Crippen LogP contribution is 2.32. The van der Waals surface area contributed by atoms with E-state index in [9.17, 15) is 22.8 Å². The third-order valence-electron chi connectivity index (χ3n) is 6.59. The Balaban J connectivity index is 1.20. The maximum atomic E-state index is 13.1. The maximum Gasteiger partial charge on any atom is 0.416 e. The molecule has 0 fully saturated rings. The Hall–Kier alpha value is -5.45. The number of carbonyl (C=O) groups excluding carboxylic acids is 2. The van der Waals surface area contributed by atoms with E-state index in [1.54, 1.807) is 37.5 Å². The monoisotopic (exact) mass is 585 g/mol. The van der Waals surface area contributed by atoms with Crippen molar-refractivity contribution < 1.29 is 27.5 Å². The lowest BCUT2D eigenvalue weighted by molar-refractivity contribution is -0.137. The summed E-state index contributed by atoms with van der Waals surface area (Å²) in [6, 6.07) is 24.0. The number of aryl methyl sites for hydroxylation is 2. The zero-order chi connectivity index (χ0) is 30.6. The van der Waals surface area contributed by atoms with Gasteiger partial charge in [0.1, 0.15) is 0 Å². The third kappa shape index (κ3) is 7.07. The second kappa shape index (κ2) is 12.2. The molecule has 218 valence electrons. The van der Waals surface area contributed by atoms with Crippen molar-refractivity contribution in [3.63, 3.8) is 0 Å². The fourth-order valence-corrected chi connectivity index (χ4v) is 4.34. The number of hydrogen-bond acceptors (Lipinski definition) is 5. The van der Waals surface area contributed by atoms with Gasteiger partial charge in [-0.15, -0.1) is 0 Å². The van der Waals surface area contributed by atoms with Crippen LogP contribution in [0.2, 0.25) is 0 Å². The predicted octanol–water partition coefficient (Wildman–Crippen LogP) is 7.02. The molecule has 0 spiro atoms. The highest BCUT2D eigenvalue weighted by molar-refractivity contribution is 6.08. The second-order valence-electron chi connectivity index (χ2n) is 9.75. The fourth-order valence-electron chi connectivity index (χ4n) is 4.34. The van der Waals surface area contributed by atoms with Gasteiger partial charge in [-0.05, 0) is 53.9 Å². The normalized spacial score (nSPS) is 11.2. The summed E-state index contributed by atoms with van der Waals surface area (Å²) in [7, 11) is 1.65. The zero-order valence-electron chi connectivity index (χ0n) is 23.1. The van der Waals surface area contributed by atoms with E-state index in [1.807, 2.05) is 43.3 Å². The Labute approximate surface area is 245 Å². The molecule has 0 atom stereocenters. The van der Waals surface area contributed by atoms with Crippen LogP contribution in [0, 0.1) is 6.92 Å². The molecule has 0 radical (unpaired) electrons. The van der Waals surface area contributed by atoms with Gasteiger partial charge in [0.2, 0.25) is 5.88 Å². The molecule has 0 saturated carbocycles. The summed E-state index contributed by atoms with van der Waals surface area (Å²) in [5.74, 6) is -0.283. The molecule has 3 aromatic carbocycles. The maximum absolute atomic E-state index is 13.1. The van der Waals surface area contributed by atoms with E-state index in [2.05, 4.69) is 20.8 Å².